The second-order valence-electron chi connectivity index (χ2n) is 7.39. The Balaban J connectivity index is 1.45. The van der Waals surface area contributed by atoms with Crippen LogP contribution in [0.1, 0.15) is 35.3 Å². The summed E-state index contributed by atoms with van der Waals surface area (Å²) in [5.41, 5.74) is 3.50. The van der Waals surface area contributed by atoms with E-state index in [2.05, 4.69) is 17.4 Å². The standard InChI is InChI=1S/C20H24N2O3S2/c1-14-7-10-19(26-14)27(24,25)22-11-3-6-17(13-22)20(23)21-18-9-8-15-4-2-5-16(15)12-18/h7-10,12,17H,2-6,11,13H2,1H3,(H,21,23). The number of fused-ring (bicyclic) bond motifs is 1. The summed E-state index contributed by atoms with van der Waals surface area (Å²) in [6.45, 7) is 2.62. The van der Waals surface area contributed by atoms with Gasteiger partial charge in [0.2, 0.25) is 5.91 Å². The maximum absolute atomic E-state index is 12.9. The first-order chi connectivity index (χ1) is 12.9. The van der Waals surface area contributed by atoms with Crippen LogP contribution in [0.25, 0.3) is 0 Å². The molecule has 0 bridgehead atoms. The third-order valence-electron chi connectivity index (χ3n) is 5.43. The Morgan fingerprint density at radius 1 is 1.15 bits per heavy atom. The van der Waals surface area contributed by atoms with Crippen molar-refractivity contribution in [3.05, 3.63) is 46.3 Å². The Hall–Kier alpha value is -1.70. The zero-order valence-electron chi connectivity index (χ0n) is 15.4. The molecule has 2 heterocycles. The van der Waals surface area contributed by atoms with Gasteiger partial charge in [-0.1, -0.05) is 6.07 Å². The number of benzene rings is 1. The van der Waals surface area contributed by atoms with E-state index < -0.39 is 10.0 Å². The van der Waals surface area contributed by atoms with Crippen molar-refractivity contribution in [3.63, 3.8) is 0 Å². The van der Waals surface area contributed by atoms with Gasteiger partial charge in [0.05, 0.1) is 5.92 Å². The summed E-state index contributed by atoms with van der Waals surface area (Å²) in [5.74, 6) is -0.405. The Morgan fingerprint density at radius 2 is 1.96 bits per heavy atom. The molecule has 0 saturated carbocycles. The minimum atomic E-state index is -3.52. The quantitative estimate of drug-likeness (QED) is 0.847. The molecular weight excluding hydrogens is 380 g/mol. The molecule has 27 heavy (non-hydrogen) atoms. The highest BCUT2D eigenvalue weighted by Gasteiger charge is 2.34. The average Bonchev–Trinajstić information content (AvgIpc) is 3.30. The van der Waals surface area contributed by atoms with Crippen LogP contribution in [0.5, 0.6) is 0 Å². The van der Waals surface area contributed by atoms with Gasteiger partial charge in [0.15, 0.2) is 0 Å². The number of hydrogen-bond acceptors (Lipinski definition) is 4. The van der Waals surface area contributed by atoms with E-state index in [4.69, 9.17) is 0 Å². The van der Waals surface area contributed by atoms with Crippen molar-refractivity contribution >= 4 is 33.0 Å². The van der Waals surface area contributed by atoms with Gasteiger partial charge in [-0.25, -0.2) is 8.42 Å². The number of carbonyl (C=O) groups is 1. The van der Waals surface area contributed by atoms with Crippen LogP contribution in [0.4, 0.5) is 5.69 Å². The van der Waals surface area contributed by atoms with Crippen LogP contribution in [-0.2, 0) is 27.7 Å². The van der Waals surface area contributed by atoms with E-state index in [-0.39, 0.29) is 18.4 Å². The first-order valence-corrected chi connectivity index (χ1v) is 11.7. The van der Waals surface area contributed by atoms with E-state index in [1.807, 2.05) is 19.1 Å². The Labute approximate surface area is 164 Å². The summed E-state index contributed by atoms with van der Waals surface area (Å²) >= 11 is 1.28. The third kappa shape index (κ3) is 3.81. The van der Waals surface area contributed by atoms with Crippen LogP contribution in [0, 0.1) is 12.8 Å². The molecule has 1 unspecified atom stereocenters. The van der Waals surface area contributed by atoms with E-state index in [9.17, 15) is 13.2 Å². The van der Waals surface area contributed by atoms with Crippen LogP contribution in [0.3, 0.4) is 0 Å². The Morgan fingerprint density at radius 3 is 2.74 bits per heavy atom. The number of anilines is 1. The summed E-state index contributed by atoms with van der Waals surface area (Å²) in [6, 6.07) is 9.58. The summed E-state index contributed by atoms with van der Waals surface area (Å²) < 4.78 is 27.5. The van der Waals surface area contributed by atoms with Gasteiger partial charge in [0.1, 0.15) is 4.21 Å². The molecule has 144 valence electrons. The number of rotatable bonds is 4. The molecule has 1 amide bonds. The van der Waals surface area contributed by atoms with Crippen molar-refractivity contribution in [2.24, 2.45) is 5.92 Å². The molecule has 1 aromatic carbocycles. The molecule has 4 rings (SSSR count). The molecule has 0 radical (unpaired) electrons. The highest BCUT2D eigenvalue weighted by molar-refractivity contribution is 7.91. The number of aryl methyl sites for hydroxylation is 3. The van der Waals surface area contributed by atoms with Crippen molar-refractivity contribution in [2.45, 2.75) is 43.2 Å². The molecule has 2 aliphatic rings. The lowest BCUT2D eigenvalue weighted by Crippen LogP contribution is -2.43. The monoisotopic (exact) mass is 404 g/mol. The predicted molar refractivity (Wildman–Crippen MR) is 108 cm³/mol. The van der Waals surface area contributed by atoms with Crippen molar-refractivity contribution < 1.29 is 13.2 Å². The van der Waals surface area contributed by atoms with Crippen LogP contribution in [0.2, 0.25) is 0 Å². The number of amides is 1. The molecule has 1 aromatic heterocycles. The highest BCUT2D eigenvalue weighted by atomic mass is 32.2. The maximum Gasteiger partial charge on any atom is 0.252 e. The van der Waals surface area contributed by atoms with Gasteiger partial charge in [-0.15, -0.1) is 11.3 Å². The van der Waals surface area contributed by atoms with Gasteiger partial charge in [-0.2, -0.15) is 4.31 Å². The third-order valence-corrected chi connectivity index (χ3v) is 8.76. The minimum Gasteiger partial charge on any atom is -0.326 e. The molecule has 1 N–H and O–H groups in total. The lowest BCUT2D eigenvalue weighted by Gasteiger charge is -2.30. The molecule has 0 spiro atoms. The maximum atomic E-state index is 12.9. The molecule has 2 aromatic rings. The first-order valence-electron chi connectivity index (χ1n) is 9.43. The van der Waals surface area contributed by atoms with Gasteiger partial charge in [-0.3, -0.25) is 4.79 Å². The number of hydrogen-bond donors (Lipinski definition) is 1. The summed E-state index contributed by atoms with van der Waals surface area (Å²) in [4.78, 5) is 13.7. The number of thiophene rings is 1. The van der Waals surface area contributed by atoms with Crippen LogP contribution in [-0.4, -0.2) is 31.7 Å². The van der Waals surface area contributed by atoms with Gasteiger partial charge in [0, 0.05) is 23.7 Å². The molecule has 1 atom stereocenters. The lowest BCUT2D eigenvalue weighted by molar-refractivity contribution is -0.120. The number of sulfonamides is 1. The number of carbonyl (C=O) groups excluding carboxylic acids is 1. The van der Waals surface area contributed by atoms with Crippen molar-refractivity contribution in [3.8, 4) is 0 Å². The van der Waals surface area contributed by atoms with E-state index in [0.717, 1.165) is 23.4 Å². The highest BCUT2D eigenvalue weighted by Crippen LogP contribution is 2.29. The SMILES string of the molecule is Cc1ccc(S(=O)(=O)N2CCCC(C(=O)Nc3ccc4c(c3)CCC4)C2)s1. The Kier molecular flexibility index (Phi) is 5.09. The van der Waals surface area contributed by atoms with Gasteiger partial charge in [-0.05, 0) is 74.4 Å². The minimum absolute atomic E-state index is 0.0878. The normalized spacial score (nSPS) is 20.4. The average molecular weight is 405 g/mol. The predicted octanol–water partition coefficient (Wildman–Crippen LogP) is 3.58. The fraction of sp³-hybridized carbons (Fsp3) is 0.450. The van der Waals surface area contributed by atoms with Gasteiger partial charge >= 0.3 is 0 Å². The van der Waals surface area contributed by atoms with Crippen LogP contribution < -0.4 is 5.32 Å². The molecule has 1 aliphatic carbocycles. The first kappa shape index (κ1) is 18.7. The molecule has 1 fully saturated rings. The van der Waals surface area contributed by atoms with Crippen LogP contribution in [0.15, 0.2) is 34.5 Å². The largest absolute Gasteiger partial charge is 0.326 e. The molecular formula is C20H24N2O3S2. The van der Waals surface area contributed by atoms with Gasteiger partial charge in [0.25, 0.3) is 10.0 Å². The Bertz CT molecular complexity index is 965. The fourth-order valence-electron chi connectivity index (χ4n) is 3.95. The fourth-order valence-corrected chi connectivity index (χ4v) is 6.91. The van der Waals surface area contributed by atoms with Crippen LogP contribution >= 0.6 is 11.3 Å². The zero-order chi connectivity index (χ0) is 19.0. The van der Waals surface area contributed by atoms with Crippen molar-refractivity contribution in [1.82, 2.24) is 4.31 Å². The van der Waals surface area contributed by atoms with E-state index in [0.29, 0.717) is 23.6 Å². The molecule has 7 heteroatoms. The summed E-state index contributed by atoms with van der Waals surface area (Å²) in [5, 5.41) is 3.00. The van der Waals surface area contributed by atoms with Gasteiger partial charge < -0.3 is 5.32 Å². The van der Waals surface area contributed by atoms with E-state index in [1.165, 1.54) is 33.2 Å². The zero-order valence-corrected chi connectivity index (χ0v) is 17.0. The van der Waals surface area contributed by atoms with E-state index >= 15 is 0 Å². The van der Waals surface area contributed by atoms with Crippen molar-refractivity contribution in [1.29, 1.82) is 0 Å². The molecule has 5 nitrogen and oxygen atoms in total. The molecule has 1 aliphatic heterocycles. The molecule has 1 saturated heterocycles. The lowest BCUT2D eigenvalue weighted by atomic mass is 9.98. The second kappa shape index (κ2) is 7.37. The summed E-state index contributed by atoms with van der Waals surface area (Å²) in [7, 11) is -3.52. The number of nitrogens with one attached hydrogen (secondary N) is 1. The topological polar surface area (TPSA) is 66.5 Å². The van der Waals surface area contributed by atoms with Crippen molar-refractivity contribution in [2.75, 3.05) is 18.4 Å². The number of piperidine rings is 1. The van der Waals surface area contributed by atoms with E-state index in [1.54, 1.807) is 6.07 Å². The number of nitrogens with zero attached hydrogens (tertiary/aromatic N) is 1. The smallest absolute Gasteiger partial charge is 0.252 e. The summed E-state index contributed by atoms with van der Waals surface area (Å²) in [6.07, 6.45) is 4.76. The second-order valence-corrected chi connectivity index (χ2v) is 10.8.